The standard InChI is InChI=1S/C11H13FN4O5/c1-5(2)10(11(13)17)14-7-3-6(12)8(15(18)19)4-9(7)16(20)21/h3-5,10,14H,1-2H3,(H2,13,17). The van der Waals surface area contributed by atoms with E-state index in [-0.39, 0.29) is 11.6 Å². The Hall–Kier alpha value is -2.78. The van der Waals surface area contributed by atoms with E-state index in [2.05, 4.69) is 5.32 Å². The predicted molar refractivity (Wildman–Crippen MR) is 71.2 cm³/mol. The van der Waals surface area contributed by atoms with E-state index in [1.165, 1.54) is 0 Å². The van der Waals surface area contributed by atoms with Gasteiger partial charge in [-0.3, -0.25) is 25.0 Å². The average Bonchev–Trinajstić information content (AvgIpc) is 2.34. The van der Waals surface area contributed by atoms with Crippen LogP contribution >= 0.6 is 0 Å². The fraction of sp³-hybridized carbons (Fsp3) is 0.364. The summed E-state index contributed by atoms with van der Waals surface area (Å²) in [5, 5.41) is 24.0. The van der Waals surface area contributed by atoms with Crippen molar-refractivity contribution in [3.63, 3.8) is 0 Å². The molecule has 114 valence electrons. The Labute approximate surface area is 118 Å². The molecule has 10 heteroatoms. The van der Waals surface area contributed by atoms with Crippen molar-refractivity contribution in [2.45, 2.75) is 19.9 Å². The first kappa shape index (κ1) is 16.3. The van der Waals surface area contributed by atoms with Gasteiger partial charge in [0.05, 0.1) is 15.9 Å². The van der Waals surface area contributed by atoms with E-state index < -0.39 is 39.0 Å². The largest absolute Gasteiger partial charge is 0.368 e. The summed E-state index contributed by atoms with van der Waals surface area (Å²) in [6, 6.07) is 0.120. The van der Waals surface area contributed by atoms with E-state index in [0.717, 1.165) is 0 Å². The topological polar surface area (TPSA) is 141 Å². The summed E-state index contributed by atoms with van der Waals surface area (Å²) in [5.41, 5.74) is 3.07. The van der Waals surface area contributed by atoms with E-state index >= 15 is 0 Å². The number of hydrogen-bond acceptors (Lipinski definition) is 6. The second kappa shape index (κ2) is 6.11. The molecule has 9 nitrogen and oxygen atoms in total. The normalized spacial score (nSPS) is 12.0. The van der Waals surface area contributed by atoms with Gasteiger partial charge in [0, 0.05) is 6.07 Å². The molecule has 0 fully saturated rings. The monoisotopic (exact) mass is 300 g/mol. The minimum absolute atomic E-state index is 0.319. The number of carbonyl (C=O) groups is 1. The Bertz CT molecular complexity index is 605. The first-order chi connectivity index (χ1) is 9.65. The van der Waals surface area contributed by atoms with Gasteiger partial charge in [0.1, 0.15) is 11.7 Å². The number of nitrogens with one attached hydrogen (secondary N) is 1. The number of carbonyl (C=O) groups excluding carboxylic acids is 1. The maximum atomic E-state index is 13.6. The summed E-state index contributed by atoms with van der Waals surface area (Å²) in [6.07, 6.45) is 0. The van der Waals surface area contributed by atoms with Crippen LogP contribution in [0.3, 0.4) is 0 Å². The molecular weight excluding hydrogens is 287 g/mol. The van der Waals surface area contributed by atoms with Crippen LogP contribution in [0.25, 0.3) is 0 Å². The van der Waals surface area contributed by atoms with Crippen LogP contribution in [0.5, 0.6) is 0 Å². The lowest BCUT2D eigenvalue weighted by molar-refractivity contribution is -0.395. The molecule has 0 radical (unpaired) electrons. The second-order valence-corrected chi connectivity index (χ2v) is 4.60. The third-order valence-corrected chi connectivity index (χ3v) is 2.74. The van der Waals surface area contributed by atoms with E-state index in [0.29, 0.717) is 12.1 Å². The molecule has 0 saturated carbocycles. The Morgan fingerprint density at radius 3 is 2.14 bits per heavy atom. The molecule has 0 spiro atoms. The Morgan fingerprint density at radius 2 is 1.76 bits per heavy atom. The molecule has 21 heavy (non-hydrogen) atoms. The number of hydrogen-bond donors (Lipinski definition) is 2. The molecule has 1 aromatic carbocycles. The molecule has 1 atom stereocenters. The smallest absolute Gasteiger partial charge is 0.311 e. The van der Waals surface area contributed by atoms with Gasteiger partial charge in [-0.15, -0.1) is 0 Å². The molecule has 0 aliphatic carbocycles. The van der Waals surface area contributed by atoms with Crippen LogP contribution in [0.2, 0.25) is 0 Å². The quantitative estimate of drug-likeness (QED) is 0.603. The average molecular weight is 300 g/mol. The van der Waals surface area contributed by atoms with Crippen molar-refractivity contribution in [3.05, 3.63) is 38.2 Å². The van der Waals surface area contributed by atoms with Crippen molar-refractivity contribution < 1.29 is 19.0 Å². The predicted octanol–water partition coefficient (Wildman–Crippen LogP) is 1.56. The number of nitrogens with zero attached hydrogens (tertiary/aromatic N) is 2. The molecule has 1 unspecified atom stereocenters. The molecule has 1 amide bonds. The zero-order valence-electron chi connectivity index (χ0n) is 11.2. The highest BCUT2D eigenvalue weighted by atomic mass is 19.1. The number of rotatable bonds is 6. The number of nitro benzene ring substituents is 2. The Balaban J connectivity index is 3.35. The number of primary amides is 1. The summed E-state index contributed by atoms with van der Waals surface area (Å²) in [4.78, 5) is 30.8. The molecule has 1 rings (SSSR count). The van der Waals surface area contributed by atoms with Crippen molar-refractivity contribution in [2.24, 2.45) is 11.7 Å². The fourth-order valence-corrected chi connectivity index (χ4v) is 1.69. The van der Waals surface area contributed by atoms with Crippen molar-refractivity contribution in [2.75, 3.05) is 5.32 Å². The number of amides is 1. The van der Waals surface area contributed by atoms with Gasteiger partial charge in [-0.25, -0.2) is 0 Å². The SMILES string of the molecule is CC(C)C(Nc1cc(F)c([N+](=O)[O-])cc1[N+](=O)[O-])C(N)=O. The van der Waals surface area contributed by atoms with Crippen LogP contribution in [-0.4, -0.2) is 21.8 Å². The molecule has 0 aliphatic rings. The van der Waals surface area contributed by atoms with Crippen LogP contribution in [0.1, 0.15) is 13.8 Å². The maximum absolute atomic E-state index is 13.6. The summed E-state index contributed by atoms with van der Waals surface area (Å²) in [6.45, 7) is 3.27. The van der Waals surface area contributed by atoms with E-state index in [9.17, 15) is 29.4 Å². The minimum Gasteiger partial charge on any atom is -0.368 e. The number of nitrogens with two attached hydrogens (primary N) is 1. The van der Waals surface area contributed by atoms with Gasteiger partial charge in [0.2, 0.25) is 11.7 Å². The van der Waals surface area contributed by atoms with Crippen LogP contribution < -0.4 is 11.1 Å². The van der Waals surface area contributed by atoms with Crippen LogP contribution in [0.15, 0.2) is 12.1 Å². The lowest BCUT2D eigenvalue weighted by atomic mass is 10.0. The molecule has 1 aromatic rings. The van der Waals surface area contributed by atoms with Gasteiger partial charge in [0.25, 0.3) is 5.69 Å². The van der Waals surface area contributed by atoms with Crippen molar-refractivity contribution in [1.82, 2.24) is 0 Å². The lowest BCUT2D eigenvalue weighted by Gasteiger charge is -2.20. The maximum Gasteiger partial charge on any atom is 0.311 e. The molecule has 0 bridgehead atoms. The second-order valence-electron chi connectivity index (χ2n) is 4.60. The summed E-state index contributed by atoms with van der Waals surface area (Å²) in [5.74, 6) is -2.35. The summed E-state index contributed by atoms with van der Waals surface area (Å²) in [7, 11) is 0. The zero-order chi connectivity index (χ0) is 16.3. The van der Waals surface area contributed by atoms with Crippen molar-refractivity contribution >= 4 is 23.0 Å². The fourth-order valence-electron chi connectivity index (χ4n) is 1.69. The first-order valence-electron chi connectivity index (χ1n) is 5.83. The highest BCUT2D eigenvalue weighted by Crippen LogP contribution is 2.32. The zero-order valence-corrected chi connectivity index (χ0v) is 11.2. The van der Waals surface area contributed by atoms with Crippen molar-refractivity contribution in [1.29, 1.82) is 0 Å². The number of benzene rings is 1. The molecule has 0 aliphatic heterocycles. The van der Waals surface area contributed by atoms with Gasteiger partial charge in [-0.05, 0) is 5.92 Å². The lowest BCUT2D eigenvalue weighted by Crippen LogP contribution is -2.39. The van der Waals surface area contributed by atoms with Crippen LogP contribution in [0, 0.1) is 32.0 Å². The highest BCUT2D eigenvalue weighted by molar-refractivity contribution is 5.84. The third kappa shape index (κ3) is 3.61. The summed E-state index contributed by atoms with van der Waals surface area (Å²) < 4.78 is 13.6. The highest BCUT2D eigenvalue weighted by Gasteiger charge is 2.28. The number of halogens is 1. The van der Waals surface area contributed by atoms with Crippen LogP contribution in [0.4, 0.5) is 21.5 Å². The van der Waals surface area contributed by atoms with Gasteiger partial charge >= 0.3 is 5.69 Å². The van der Waals surface area contributed by atoms with E-state index in [4.69, 9.17) is 5.73 Å². The van der Waals surface area contributed by atoms with Gasteiger partial charge in [-0.2, -0.15) is 4.39 Å². The van der Waals surface area contributed by atoms with Crippen molar-refractivity contribution in [3.8, 4) is 0 Å². The number of anilines is 1. The first-order valence-corrected chi connectivity index (χ1v) is 5.83. The van der Waals surface area contributed by atoms with Gasteiger partial charge in [0.15, 0.2) is 0 Å². The molecule has 3 N–H and O–H groups in total. The number of nitro groups is 2. The molecule has 0 heterocycles. The Kier molecular flexibility index (Phi) is 4.74. The van der Waals surface area contributed by atoms with Gasteiger partial charge < -0.3 is 11.1 Å². The third-order valence-electron chi connectivity index (χ3n) is 2.74. The van der Waals surface area contributed by atoms with Gasteiger partial charge in [-0.1, -0.05) is 13.8 Å². The van der Waals surface area contributed by atoms with Crippen LogP contribution in [-0.2, 0) is 4.79 Å². The molecule has 0 saturated heterocycles. The Morgan fingerprint density at radius 1 is 1.24 bits per heavy atom. The molecular formula is C11H13FN4O5. The molecule has 0 aromatic heterocycles. The van der Waals surface area contributed by atoms with E-state index in [1.54, 1.807) is 13.8 Å². The van der Waals surface area contributed by atoms with E-state index in [1.807, 2.05) is 0 Å². The summed E-state index contributed by atoms with van der Waals surface area (Å²) >= 11 is 0. The minimum atomic E-state index is -1.25.